The first-order valence-electron chi connectivity index (χ1n) is 13.0. The second kappa shape index (κ2) is 12.7. The van der Waals surface area contributed by atoms with Gasteiger partial charge in [0.25, 0.3) is 0 Å². The van der Waals surface area contributed by atoms with Crippen molar-refractivity contribution in [2.75, 3.05) is 13.2 Å². The maximum absolute atomic E-state index is 13.2. The van der Waals surface area contributed by atoms with Crippen LogP contribution in [0.3, 0.4) is 0 Å². The summed E-state index contributed by atoms with van der Waals surface area (Å²) in [5, 5.41) is 20.0. The zero-order chi connectivity index (χ0) is 29.7. The molecule has 4 unspecified atom stereocenters. The smallest absolute Gasteiger partial charge is 0.344 e. The van der Waals surface area contributed by atoms with Crippen LogP contribution in [0.1, 0.15) is 86.3 Å². The maximum atomic E-state index is 13.2. The van der Waals surface area contributed by atoms with E-state index in [0.717, 1.165) is 6.40 Å². The van der Waals surface area contributed by atoms with Crippen LogP contribution in [-0.4, -0.2) is 57.0 Å². The number of carbonyl (C=O) groups excluding carboxylic acids is 1. The summed E-state index contributed by atoms with van der Waals surface area (Å²) in [6.45, 7) is 5.53. The first-order valence-corrected chi connectivity index (χ1v) is 14.1. The molecule has 3 aromatic carbocycles. The van der Waals surface area contributed by atoms with E-state index in [-0.39, 0.29) is 29.9 Å². The highest BCUT2D eigenvalue weighted by molar-refractivity contribution is 7.91. The Morgan fingerprint density at radius 3 is 1.78 bits per heavy atom. The first kappa shape index (κ1) is 30.0. The van der Waals surface area contributed by atoms with E-state index in [0.29, 0.717) is 16.7 Å². The van der Waals surface area contributed by atoms with Gasteiger partial charge in [-0.15, -0.1) is 0 Å². The molecule has 1 fully saturated rings. The monoisotopic (exact) mass is 577 g/mol. The van der Waals surface area contributed by atoms with Gasteiger partial charge < -0.3 is 24.2 Å². The summed E-state index contributed by atoms with van der Waals surface area (Å²) in [4.78, 5) is 37.7. The number of hydrogen-bond acceptors (Lipinski definition) is 7. The molecule has 1 aliphatic heterocycles. The van der Waals surface area contributed by atoms with E-state index in [1.54, 1.807) is 81.4 Å². The van der Waals surface area contributed by atoms with Gasteiger partial charge in [-0.2, -0.15) is 0 Å². The van der Waals surface area contributed by atoms with Crippen LogP contribution in [0.2, 0.25) is 0 Å². The summed E-state index contributed by atoms with van der Waals surface area (Å²) in [5.41, 5.74) is 1.94. The highest BCUT2D eigenvalue weighted by Gasteiger charge is 2.41. The van der Waals surface area contributed by atoms with Gasteiger partial charge in [0.05, 0.1) is 29.9 Å². The predicted octanol–water partition coefficient (Wildman–Crippen LogP) is 5.41. The molecule has 2 N–H and O–H groups in total. The number of carboxylic acids is 2. The zero-order valence-electron chi connectivity index (χ0n) is 22.9. The fraction of sp³-hybridized carbons (Fsp3) is 0.290. The van der Waals surface area contributed by atoms with Gasteiger partial charge in [-0.1, -0.05) is 54.6 Å². The standard InChI is InChI=1S/C31H31NO8S/c1-31(2,3)41(38)32-18-40-30(37)24-15-9-5-11-20(24)26-17-39-16-25(19-10-4-7-13-22(19)28(33)34)27(26)21-12-6-8-14-23(21)29(35)36/h4-15,18,25-27H,16-17H2,1-3H3,(H,33,34)(H,35,36). The summed E-state index contributed by atoms with van der Waals surface area (Å²) < 4.78 is 26.7. The quantitative estimate of drug-likeness (QED) is 0.156. The minimum Gasteiger partial charge on any atom is -0.591 e. The summed E-state index contributed by atoms with van der Waals surface area (Å²) in [6.07, 6.45) is 0.876. The number of aromatic carboxylic acids is 2. The predicted molar refractivity (Wildman–Crippen MR) is 154 cm³/mol. The molecule has 214 valence electrons. The highest BCUT2D eigenvalue weighted by Crippen LogP contribution is 2.49. The van der Waals surface area contributed by atoms with Crippen molar-refractivity contribution in [3.8, 4) is 0 Å². The van der Waals surface area contributed by atoms with Crippen LogP contribution in [0, 0.1) is 0 Å². The molecule has 1 aliphatic rings. The largest absolute Gasteiger partial charge is 0.591 e. The van der Waals surface area contributed by atoms with Gasteiger partial charge in [-0.25, -0.2) is 14.4 Å². The Hall–Kier alpha value is -3.99. The molecule has 0 spiro atoms. The molecular formula is C31H31NO8S. The molecule has 0 aliphatic carbocycles. The topological polar surface area (TPSA) is 146 Å². The van der Waals surface area contributed by atoms with Crippen molar-refractivity contribution >= 4 is 35.7 Å². The van der Waals surface area contributed by atoms with Gasteiger partial charge in [-0.05, 0) is 60.1 Å². The average Bonchev–Trinajstić information content (AvgIpc) is 2.96. The van der Waals surface area contributed by atoms with Crippen LogP contribution >= 0.6 is 0 Å². The average molecular weight is 578 g/mol. The third-order valence-corrected chi connectivity index (χ3v) is 8.33. The highest BCUT2D eigenvalue weighted by atomic mass is 32.2. The number of rotatable bonds is 8. The maximum Gasteiger partial charge on any atom is 0.344 e. The number of carbonyl (C=O) groups is 3. The third kappa shape index (κ3) is 6.67. The molecule has 41 heavy (non-hydrogen) atoms. The summed E-state index contributed by atoms with van der Waals surface area (Å²) in [7, 11) is 0. The molecule has 4 atom stereocenters. The van der Waals surface area contributed by atoms with Gasteiger partial charge in [0.2, 0.25) is 6.40 Å². The number of benzene rings is 3. The van der Waals surface area contributed by atoms with E-state index in [4.69, 9.17) is 9.47 Å². The van der Waals surface area contributed by atoms with Crippen LogP contribution < -0.4 is 0 Å². The molecule has 1 saturated heterocycles. The molecule has 9 nitrogen and oxygen atoms in total. The fourth-order valence-corrected chi connectivity index (χ4v) is 5.58. The van der Waals surface area contributed by atoms with Gasteiger partial charge in [-0.3, -0.25) is 0 Å². The number of hydrogen-bond donors (Lipinski definition) is 2. The normalized spacial score (nSPS) is 20.0. The molecule has 4 rings (SSSR count). The Labute approximate surface area is 241 Å². The lowest BCUT2D eigenvalue weighted by atomic mass is 9.68. The van der Waals surface area contributed by atoms with E-state index >= 15 is 0 Å². The van der Waals surface area contributed by atoms with Crippen LogP contribution in [0.4, 0.5) is 0 Å². The van der Waals surface area contributed by atoms with Crippen molar-refractivity contribution in [1.29, 1.82) is 0 Å². The molecule has 3 aromatic rings. The fourth-order valence-electron chi connectivity index (χ4n) is 5.14. The minimum atomic E-state index is -1.62. The zero-order valence-corrected chi connectivity index (χ0v) is 23.7. The lowest BCUT2D eigenvalue weighted by Gasteiger charge is -2.40. The Kier molecular flexibility index (Phi) is 9.27. The van der Waals surface area contributed by atoms with Crippen molar-refractivity contribution in [3.63, 3.8) is 0 Å². The molecule has 0 bridgehead atoms. The lowest BCUT2D eigenvalue weighted by molar-refractivity contribution is 0.0474. The Morgan fingerprint density at radius 2 is 1.27 bits per heavy atom. The van der Waals surface area contributed by atoms with E-state index in [2.05, 4.69) is 4.40 Å². The first-order chi connectivity index (χ1) is 19.5. The van der Waals surface area contributed by atoms with Gasteiger partial charge >= 0.3 is 17.9 Å². The second-order valence-electron chi connectivity index (χ2n) is 10.6. The van der Waals surface area contributed by atoms with Gasteiger partial charge in [0.1, 0.15) is 16.1 Å². The summed E-state index contributed by atoms with van der Waals surface area (Å²) in [6, 6.07) is 19.9. The van der Waals surface area contributed by atoms with Crippen LogP contribution in [0.25, 0.3) is 0 Å². The third-order valence-electron chi connectivity index (χ3n) is 7.01. The SMILES string of the molecule is CC(C)(C)[S+]([O-])N=COC(=O)c1ccccc1C1COCC(c2ccccc2C(=O)O)C1c1ccccc1C(=O)O. The van der Waals surface area contributed by atoms with Crippen molar-refractivity contribution in [1.82, 2.24) is 0 Å². The van der Waals surface area contributed by atoms with E-state index in [9.17, 15) is 29.1 Å². The van der Waals surface area contributed by atoms with E-state index in [1.165, 1.54) is 12.1 Å². The Bertz CT molecular complexity index is 1460. The van der Waals surface area contributed by atoms with Gasteiger partial charge in [0.15, 0.2) is 0 Å². The van der Waals surface area contributed by atoms with Crippen molar-refractivity contribution in [3.05, 3.63) is 106 Å². The molecule has 1 heterocycles. The number of carboxylic acid groups (broad SMARTS) is 2. The van der Waals surface area contributed by atoms with Crippen molar-refractivity contribution in [2.45, 2.75) is 43.3 Å². The number of nitrogens with zero attached hydrogens (tertiary/aromatic N) is 1. The van der Waals surface area contributed by atoms with Crippen LogP contribution in [-0.2, 0) is 20.8 Å². The minimum absolute atomic E-state index is 0.0825. The molecule has 0 aromatic heterocycles. The van der Waals surface area contributed by atoms with Crippen LogP contribution in [0.5, 0.6) is 0 Å². The molecule has 0 amide bonds. The molecular weight excluding hydrogens is 546 g/mol. The number of esters is 1. The summed E-state index contributed by atoms with van der Waals surface area (Å²) >= 11 is -1.62. The van der Waals surface area contributed by atoms with Crippen LogP contribution in [0.15, 0.2) is 77.2 Å². The van der Waals surface area contributed by atoms with E-state index < -0.39 is 51.8 Å². The van der Waals surface area contributed by atoms with Gasteiger partial charge in [0, 0.05) is 17.8 Å². The molecule has 10 heteroatoms. The van der Waals surface area contributed by atoms with E-state index in [1.807, 2.05) is 0 Å². The lowest BCUT2D eigenvalue weighted by Crippen LogP contribution is -2.34. The molecule has 0 radical (unpaired) electrons. The second-order valence-corrected chi connectivity index (χ2v) is 12.6. The molecule has 0 saturated carbocycles. The van der Waals surface area contributed by atoms with Crippen molar-refractivity contribution in [2.24, 2.45) is 4.40 Å². The Morgan fingerprint density at radius 1 is 0.829 bits per heavy atom. The van der Waals surface area contributed by atoms with Crippen molar-refractivity contribution < 1.29 is 38.6 Å². The number of ether oxygens (including phenoxy) is 2. The Balaban J connectivity index is 1.82. The summed E-state index contributed by atoms with van der Waals surface area (Å²) in [5.74, 6) is -4.60.